The van der Waals surface area contributed by atoms with Crippen LogP contribution in [0.15, 0.2) is 35.1 Å². The molecule has 2 rings (SSSR count). The van der Waals surface area contributed by atoms with Gasteiger partial charge in [-0.1, -0.05) is 0 Å². The molecule has 0 radical (unpaired) electrons. The lowest BCUT2D eigenvalue weighted by Crippen LogP contribution is -1.77. The van der Waals surface area contributed by atoms with E-state index in [1.54, 1.807) is 0 Å². The van der Waals surface area contributed by atoms with Gasteiger partial charge >= 0.3 is 0 Å². The summed E-state index contributed by atoms with van der Waals surface area (Å²) in [5.74, 6) is 0.561. The molecule has 0 aliphatic heterocycles. The van der Waals surface area contributed by atoms with Gasteiger partial charge in [0.25, 0.3) is 0 Å². The van der Waals surface area contributed by atoms with Crippen LogP contribution in [0.5, 0.6) is 0 Å². The van der Waals surface area contributed by atoms with Gasteiger partial charge in [-0.05, 0) is 46.9 Å². The van der Waals surface area contributed by atoms with Gasteiger partial charge in [-0.2, -0.15) is 0 Å². The highest BCUT2D eigenvalue weighted by Gasteiger charge is 2.00. The van der Waals surface area contributed by atoms with E-state index in [4.69, 9.17) is 4.42 Å². The lowest BCUT2D eigenvalue weighted by atomic mass is 10.2. The zero-order valence-electron chi connectivity index (χ0n) is 6.07. The standard InChI is InChI=1S/C8H5IN2O/c9-7-3-1-6(2-4-7)8-11-10-5-12-8/h1-5H. The molecule has 0 unspecified atom stereocenters. The van der Waals surface area contributed by atoms with Crippen molar-refractivity contribution in [1.82, 2.24) is 10.2 Å². The first-order valence-corrected chi connectivity index (χ1v) is 4.46. The summed E-state index contributed by atoms with van der Waals surface area (Å²) in [6, 6.07) is 7.91. The number of nitrogens with zero attached hydrogens (tertiary/aromatic N) is 2. The van der Waals surface area contributed by atoms with E-state index >= 15 is 0 Å². The predicted molar refractivity (Wildman–Crippen MR) is 52.5 cm³/mol. The molecule has 0 saturated heterocycles. The minimum Gasteiger partial charge on any atom is -0.423 e. The predicted octanol–water partition coefficient (Wildman–Crippen LogP) is 2.34. The fourth-order valence-electron chi connectivity index (χ4n) is 0.891. The van der Waals surface area contributed by atoms with E-state index in [0.29, 0.717) is 5.89 Å². The van der Waals surface area contributed by atoms with Gasteiger partial charge in [0.2, 0.25) is 12.3 Å². The quantitative estimate of drug-likeness (QED) is 0.748. The lowest BCUT2D eigenvalue weighted by molar-refractivity contribution is 0.568. The van der Waals surface area contributed by atoms with Crippen LogP contribution in [0.1, 0.15) is 0 Å². The van der Waals surface area contributed by atoms with E-state index in [0.717, 1.165) is 5.56 Å². The second-order valence-electron chi connectivity index (χ2n) is 2.25. The van der Waals surface area contributed by atoms with Crippen molar-refractivity contribution >= 4 is 22.6 Å². The second kappa shape index (κ2) is 3.22. The van der Waals surface area contributed by atoms with Gasteiger partial charge < -0.3 is 4.42 Å². The van der Waals surface area contributed by atoms with Crippen LogP contribution < -0.4 is 0 Å². The van der Waals surface area contributed by atoms with Crippen molar-refractivity contribution in [2.75, 3.05) is 0 Å². The van der Waals surface area contributed by atoms with Crippen molar-refractivity contribution in [2.45, 2.75) is 0 Å². The maximum atomic E-state index is 5.03. The van der Waals surface area contributed by atoms with Crippen LogP contribution in [0.25, 0.3) is 11.5 Å². The molecule has 2 aromatic rings. The number of hydrogen-bond acceptors (Lipinski definition) is 3. The Hall–Kier alpha value is -0.910. The van der Waals surface area contributed by atoms with Crippen LogP contribution in [0.4, 0.5) is 0 Å². The summed E-state index contributed by atoms with van der Waals surface area (Å²) in [6.07, 6.45) is 1.33. The Morgan fingerprint density at radius 3 is 2.50 bits per heavy atom. The molecular weight excluding hydrogens is 267 g/mol. The molecule has 1 heterocycles. The normalized spacial score (nSPS) is 10.1. The van der Waals surface area contributed by atoms with Gasteiger partial charge in [0.05, 0.1) is 0 Å². The van der Waals surface area contributed by atoms with E-state index in [1.807, 2.05) is 24.3 Å². The summed E-state index contributed by atoms with van der Waals surface area (Å²) < 4.78 is 6.23. The SMILES string of the molecule is Ic1ccc(-c2nnco2)cc1. The Balaban J connectivity index is 2.43. The fraction of sp³-hybridized carbons (Fsp3) is 0. The Kier molecular flexibility index (Phi) is 2.07. The molecule has 12 heavy (non-hydrogen) atoms. The number of aromatic nitrogens is 2. The van der Waals surface area contributed by atoms with Crippen LogP contribution in [-0.4, -0.2) is 10.2 Å². The molecule has 0 amide bonds. The van der Waals surface area contributed by atoms with E-state index < -0.39 is 0 Å². The molecule has 0 aliphatic carbocycles. The number of rotatable bonds is 1. The van der Waals surface area contributed by atoms with Crippen molar-refractivity contribution in [3.05, 3.63) is 34.2 Å². The van der Waals surface area contributed by atoms with Gasteiger partial charge in [0, 0.05) is 9.13 Å². The van der Waals surface area contributed by atoms with E-state index in [1.165, 1.54) is 9.96 Å². The van der Waals surface area contributed by atoms with Gasteiger partial charge in [0.15, 0.2) is 0 Å². The molecule has 4 heteroatoms. The minimum absolute atomic E-state index is 0.561. The van der Waals surface area contributed by atoms with Gasteiger partial charge in [-0.3, -0.25) is 0 Å². The van der Waals surface area contributed by atoms with Crippen LogP contribution >= 0.6 is 22.6 Å². The molecule has 0 N–H and O–H groups in total. The van der Waals surface area contributed by atoms with Crippen molar-refractivity contribution in [3.8, 4) is 11.5 Å². The number of benzene rings is 1. The first kappa shape index (κ1) is 7.72. The Morgan fingerprint density at radius 1 is 1.17 bits per heavy atom. The smallest absolute Gasteiger partial charge is 0.247 e. The zero-order valence-corrected chi connectivity index (χ0v) is 8.22. The van der Waals surface area contributed by atoms with Gasteiger partial charge in [-0.25, -0.2) is 0 Å². The maximum Gasteiger partial charge on any atom is 0.247 e. The minimum atomic E-state index is 0.561. The first-order valence-electron chi connectivity index (χ1n) is 3.38. The van der Waals surface area contributed by atoms with Crippen LogP contribution in [0, 0.1) is 3.57 Å². The summed E-state index contributed by atoms with van der Waals surface area (Å²) >= 11 is 2.25. The van der Waals surface area contributed by atoms with Crippen LogP contribution in [0.2, 0.25) is 0 Å². The zero-order chi connectivity index (χ0) is 8.39. The van der Waals surface area contributed by atoms with Gasteiger partial charge in [0.1, 0.15) is 0 Å². The van der Waals surface area contributed by atoms with Crippen molar-refractivity contribution in [3.63, 3.8) is 0 Å². The molecular formula is C8H5IN2O. The fourth-order valence-corrected chi connectivity index (χ4v) is 1.25. The van der Waals surface area contributed by atoms with Crippen molar-refractivity contribution in [1.29, 1.82) is 0 Å². The molecule has 0 bridgehead atoms. The molecule has 0 saturated carbocycles. The van der Waals surface area contributed by atoms with Crippen LogP contribution in [0.3, 0.4) is 0 Å². The third-order valence-electron chi connectivity index (χ3n) is 1.45. The Morgan fingerprint density at radius 2 is 1.92 bits per heavy atom. The highest BCUT2D eigenvalue weighted by atomic mass is 127. The Bertz CT molecular complexity index is 355. The average molecular weight is 272 g/mol. The van der Waals surface area contributed by atoms with E-state index in [-0.39, 0.29) is 0 Å². The summed E-state index contributed by atoms with van der Waals surface area (Å²) in [5.41, 5.74) is 0.952. The highest BCUT2D eigenvalue weighted by Crippen LogP contribution is 2.16. The topological polar surface area (TPSA) is 38.9 Å². The third kappa shape index (κ3) is 1.47. The van der Waals surface area contributed by atoms with Gasteiger partial charge in [-0.15, -0.1) is 10.2 Å². The number of halogens is 1. The summed E-state index contributed by atoms with van der Waals surface area (Å²) in [7, 11) is 0. The molecule has 0 aliphatic rings. The molecule has 1 aromatic carbocycles. The molecule has 0 fully saturated rings. The van der Waals surface area contributed by atoms with Crippen molar-refractivity contribution in [2.24, 2.45) is 0 Å². The molecule has 0 atom stereocenters. The monoisotopic (exact) mass is 272 g/mol. The molecule has 3 nitrogen and oxygen atoms in total. The van der Waals surface area contributed by atoms with E-state index in [2.05, 4.69) is 32.8 Å². The first-order chi connectivity index (χ1) is 5.86. The lowest BCUT2D eigenvalue weighted by Gasteiger charge is -1.92. The number of hydrogen-bond donors (Lipinski definition) is 0. The Labute approximate surface area is 83.0 Å². The summed E-state index contributed by atoms with van der Waals surface area (Å²) in [6.45, 7) is 0. The summed E-state index contributed by atoms with van der Waals surface area (Å²) in [5, 5.41) is 7.40. The molecule has 60 valence electrons. The average Bonchev–Trinajstić information content (AvgIpc) is 2.58. The van der Waals surface area contributed by atoms with Crippen molar-refractivity contribution < 1.29 is 4.42 Å². The van der Waals surface area contributed by atoms with E-state index in [9.17, 15) is 0 Å². The highest BCUT2D eigenvalue weighted by molar-refractivity contribution is 14.1. The third-order valence-corrected chi connectivity index (χ3v) is 2.17. The largest absolute Gasteiger partial charge is 0.423 e. The maximum absolute atomic E-state index is 5.03. The molecule has 1 aromatic heterocycles. The molecule has 0 spiro atoms. The second-order valence-corrected chi connectivity index (χ2v) is 3.50. The van der Waals surface area contributed by atoms with Crippen LogP contribution in [-0.2, 0) is 0 Å². The summed E-state index contributed by atoms with van der Waals surface area (Å²) in [4.78, 5) is 0.